The first-order chi connectivity index (χ1) is 25.5. The Morgan fingerprint density at radius 3 is 2.00 bits per heavy atom. The number of ether oxygens (including phenoxy) is 2. The van der Waals surface area contributed by atoms with E-state index in [9.17, 15) is 0 Å². The summed E-state index contributed by atoms with van der Waals surface area (Å²) in [5.74, 6) is 2.71. The molecule has 5 heteroatoms. The van der Waals surface area contributed by atoms with Gasteiger partial charge in [0, 0.05) is 35.0 Å². The van der Waals surface area contributed by atoms with Gasteiger partial charge >= 0.3 is 21.1 Å². The second-order valence-corrected chi connectivity index (χ2v) is 13.4. The number of nitrogens with zero attached hydrogens (tertiary/aromatic N) is 2. The van der Waals surface area contributed by atoms with Crippen molar-refractivity contribution in [2.45, 2.75) is 26.2 Å². The molecule has 0 saturated carbocycles. The molecule has 1 aliphatic heterocycles. The fourth-order valence-corrected chi connectivity index (χ4v) is 7.87. The molecule has 53 heavy (non-hydrogen) atoms. The maximum atomic E-state index is 6.79. The van der Waals surface area contributed by atoms with Gasteiger partial charge in [0.2, 0.25) is 0 Å². The van der Waals surface area contributed by atoms with Gasteiger partial charge in [0.15, 0.2) is 0 Å². The molecule has 0 radical (unpaired) electrons. The van der Waals surface area contributed by atoms with Crippen molar-refractivity contribution >= 4 is 10.8 Å². The number of para-hydroxylation sites is 2. The van der Waals surface area contributed by atoms with E-state index in [-0.39, 0.29) is 21.1 Å². The van der Waals surface area contributed by atoms with E-state index in [1.807, 2.05) is 79.1 Å². The van der Waals surface area contributed by atoms with E-state index in [2.05, 4.69) is 106 Å². The van der Waals surface area contributed by atoms with Crippen LogP contribution in [-0.2, 0) is 26.5 Å². The summed E-state index contributed by atoms with van der Waals surface area (Å²) in [5.41, 5.74) is 10.5. The summed E-state index contributed by atoms with van der Waals surface area (Å²) in [7, 11) is 0. The molecule has 1 aliphatic rings. The zero-order valence-corrected chi connectivity index (χ0v) is 31.7. The van der Waals surface area contributed by atoms with Gasteiger partial charge in [-0.1, -0.05) is 108 Å². The minimum Gasteiger partial charge on any atom is -0.503 e. The molecule has 6 aromatic carbocycles. The van der Waals surface area contributed by atoms with Crippen LogP contribution < -0.4 is 9.47 Å². The third-order valence-electron chi connectivity index (χ3n) is 9.96. The van der Waals surface area contributed by atoms with Gasteiger partial charge in [-0.05, 0) is 78.2 Å². The minimum absolute atomic E-state index is 0. The van der Waals surface area contributed by atoms with Crippen LogP contribution in [0.2, 0.25) is 0 Å². The van der Waals surface area contributed by atoms with Crippen LogP contribution in [0.5, 0.6) is 23.0 Å². The molecule has 0 unspecified atom stereocenters. The molecule has 0 bridgehead atoms. The van der Waals surface area contributed by atoms with Gasteiger partial charge < -0.3 is 14.5 Å². The third kappa shape index (κ3) is 6.03. The molecule has 4 nitrogen and oxygen atoms in total. The van der Waals surface area contributed by atoms with Crippen LogP contribution in [0.25, 0.3) is 33.2 Å². The number of fused-ring (bicyclic) bond motifs is 3. The summed E-state index contributed by atoms with van der Waals surface area (Å²) in [6.07, 6.45) is 3.77. The fraction of sp³-hybridized carbons (Fsp3) is 0.0833. The first-order valence-electron chi connectivity index (χ1n) is 17.5. The summed E-state index contributed by atoms with van der Waals surface area (Å²) < 4.78 is 13.3. The summed E-state index contributed by atoms with van der Waals surface area (Å²) in [6, 6.07) is 54.9. The zero-order chi connectivity index (χ0) is 35.2. The van der Waals surface area contributed by atoms with Gasteiger partial charge in [0.05, 0.1) is 11.1 Å². The summed E-state index contributed by atoms with van der Waals surface area (Å²) in [6.45, 7) is 6.47. The Morgan fingerprint density at radius 2 is 1.28 bits per heavy atom. The minimum atomic E-state index is -0.812. The van der Waals surface area contributed by atoms with E-state index < -0.39 is 5.41 Å². The smallest absolute Gasteiger partial charge is 0.503 e. The zero-order valence-electron chi connectivity index (χ0n) is 29.5. The second-order valence-electron chi connectivity index (χ2n) is 13.4. The van der Waals surface area contributed by atoms with E-state index in [0.717, 1.165) is 61.5 Å². The normalized spacial score (nSPS) is 12.6. The van der Waals surface area contributed by atoms with Crippen LogP contribution in [0.1, 0.15) is 39.1 Å². The predicted molar refractivity (Wildman–Crippen MR) is 207 cm³/mol. The number of hydrogen-bond donors (Lipinski definition) is 0. The predicted octanol–water partition coefficient (Wildman–Crippen LogP) is 11.8. The maximum absolute atomic E-state index is 6.79. The van der Waals surface area contributed by atoms with Crippen molar-refractivity contribution in [2.75, 3.05) is 0 Å². The molecule has 0 atom stereocenters. The molecule has 3 heterocycles. The number of aromatic nitrogens is 2. The number of hydrogen-bond acceptors (Lipinski definition) is 4. The van der Waals surface area contributed by atoms with E-state index >= 15 is 0 Å². The molecule has 9 rings (SSSR count). The van der Waals surface area contributed by atoms with Crippen LogP contribution in [0.15, 0.2) is 152 Å². The van der Waals surface area contributed by atoms with Gasteiger partial charge in [0.1, 0.15) is 11.5 Å². The van der Waals surface area contributed by atoms with Gasteiger partial charge in [0.25, 0.3) is 0 Å². The van der Waals surface area contributed by atoms with Crippen molar-refractivity contribution in [3.63, 3.8) is 0 Å². The molecule has 8 aromatic rings. The largest absolute Gasteiger partial charge is 2.00 e. The molecular formula is C48H34N2O2Pt. The first kappa shape index (κ1) is 34.3. The maximum Gasteiger partial charge on any atom is 2.00 e. The second kappa shape index (κ2) is 14.0. The molecule has 0 amide bonds. The van der Waals surface area contributed by atoms with Crippen molar-refractivity contribution in [2.24, 2.45) is 0 Å². The number of rotatable bonds is 6. The van der Waals surface area contributed by atoms with E-state index in [4.69, 9.17) is 19.4 Å². The average Bonchev–Trinajstić information content (AvgIpc) is 3.17. The third-order valence-corrected chi connectivity index (χ3v) is 9.96. The molecule has 0 spiro atoms. The standard InChI is InChI=1S/C48H34N2O2.Pt/c1-31-23-32(2)47(33(3)24-31)37-25-36(43-28-34-13-4-5-14-35(34)30-50-43)26-40(27-37)51-39-16-12-15-38(29-39)48(46-21-10-11-22-49-46)41-17-6-8-19-44(41)52-45-20-9-7-18-42(45)48;/h4-25,27-28,30H,1-3H3;/q-2;+2. The Labute approximate surface area is 324 Å². The Balaban J connectivity index is 0.00000400. The Bertz CT molecular complexity index is 2570. The molecule has 0 N–H and O–H groups in total. The van der Waals surface area contributed by atoms with Crippen molar-refractivity contribution in [1.82, 2.24) is 9.97 Å². The van der Waals surface area contributed by atoms with Gasteiger partial charge in [-0.15, -0.1) is 29.3 Å². The van der Waals surface area contributed by atoms with Crippen LogP contribution >= 0.6 is 0 Å². The van der Waals surface area contributed by atoms with Crippen LogP contribution in [0.4, 0.5) is 0 Å². The Morgan fingerprint density at radius 1 is 0.604 bits per heavy atom. The van der Waals surface area contributed by atoms with Gasteiger partial charge in [-0.3, -0.25) is 4.98 Å². The average molecular weight is 866 g/mol. The Kier molecular flexibility index (Phi) is 9.02. The number of pyridine rings is 2. The molecule has 0 fully saturated rings. The first-order valence-corrected chi connectivity index (χ1v) is 17.5. The van der Waals surface area contributed by atoms with Crippen molar-refractivity contribution in [1.29, 1.82) is 0 Å². The number of benzene rings is 6. The van der Waals surface area contributed by atoms with E-state index in [1.54, 1.807) is 0 Å². The monoisotopic (exact) mass is 865 g/mol. The molecular weight excluding hydrogens is 832 g/mol. The number of aryl methyl sites for hydroxylation is 3. The van der Waals surface area contributed by atoms with Crippen LogP contribution in [-0.4, -0.2) is 9.97 Å². The van der Waals surface area contributed by atoms with E-state index in [0.29, 0.717) is 11.5 Å². The van der Waals surface area contributed by atoms with Crippen LogP contribution in [0, 0.1) is 32.9 Å². The van der Waals surface area contributed by atoms with Gasteiger partial charge in [-0.2, -0.15) is 12.1 Å². The van der Waals surface area contributed by atoms with Crippen molar-refractivity contribution in [3.05, 3.63) is 203 Å². The molecule has 0 saturated heterocycles. The molecule has 258 valence electrons. The van der Waals surface area contributed by atoms with Crippen molar-refractivity contribution < 1.29 is 30.5 Å². The fourth-order valence-electron chi connectivity index (χ4n) is 7.87. The van der Waals surface area contributed by atoms with Crippen LogP contribution in [0.3, 0.4) is 0 Å². The molecule has 0 aliphatic carbocycles. The van der Waals surface area contributed by atoms with E-state index in [1.165, 1.54) is 22.3 Å². The topological polar surface area (TPSA) is 44.2 Å². The summed E-state index contributed by atoms with van der Waals surface area (Å²) in [5, 5.41) is 2.21. The summed E-state index contributed by atoms with van der Waals surface area (Å²) >= 11 is 0. The Hall–Kier alpha value is -5.83. The molecule has 2 aromatic heterocycles. The quantitative estimate of drug-likeness (QED) is 0.156. The SMILES string of the molecule is Cc1cc(C)c(-c2cc(Oc3[c-]c(C4(c5ccccn5)c5ccccc5Oc5ccccc54)ccc3)[c-]c(-c3cc4ccccc4cn3)c2)c(C)c1.[Pt+2]. The van der Waals surface area contributed by atoms with Gasteiger partial charge in [-0.25, -0.2) is 0 Å². The summed E-state index contributed by atoms with van der Waals surface area (Å²) in [4.78, 5) is 9.83. The van der Waals surface area contributed by atoms with Crippen molar-refractivity contribution in [3.8, 4) is 45.4 Å².